The third-order valence-corrected chi connectivity index (χ3v) is 3.88. The van der Waals surface area contributed by atoms with E-state index in [1.54, 1.807) is 12.4 Å². The number of rotatable bonds is 8. The summed E-state index contributed by atoms with van der Waals surface area (Å²) in [5, 5.41) is 6.80. The number of nitrogens with zero attached hydrogens (tertiary/aromatic N) is 2. The molecule has 0 aliphatic carbocycles. The molecule has 0 bridgehead atoms. The molecule has 0 fully saturated rings. The number of anilines is 1. The van der Waals surface area contributed by atoms with Gasteiger partial charge in [0.05, 0.1) is 11.3 Å². The Hall–Kier alpha value is -2.11. The number of carbonyl (C=O) groups excluding carboxylic acids is 1. The Labute approximate surface area is 148 Å². The molecule has 0 saturated carbocycles. The van der Waals surface area contributed by atoms with Gasteiger partial charge in [-0.1, -0.05) is 29.8 Å². The first-order valence-electron chi connectivity index (χ1n) is 7.91. The highest BCUT2D eigenvalue weighted by molar-refractivity contribution is 6.31. The molecule has 0 spiro atoms. The third kappa shape index (κ3) is 5.83. The molecule has 1 aromatic carbocycles. The molecule has 24 heavy (non-hydrogen) atoms. The van der Waals surface area contributed by atoms with E-state index in [0.29, 0.717) is 17.1 Å². The Kier molecular flexibility index (Phi) is 7.03. The summed E-state index contributed by atoms with van der Waals surface area (Å²) >= 11 is 6.09. The molecule has 0 aliphatic heterocycles. The predicted octanol–water partition coefficient (Wildman–Crippen LogP) is 3.03. The number of aromatic nitrogens is 1. The van der Waals surface area contributed by atoms with Crippen LogP contribution in [-0.4, -0.2) is 43.0 Å². The second kappa shape index (κ2) is 9.25. The van der Waals surface area contributed by atoms with E-state index in [-0.39, 0.29) is 5.91 Å². The van der Waals surface area contributed by atoms with Crippen LogP contribution < -0.4 is 10.6 Å². The highest BCUT2D eigenvalue weighted by Gasteiger charge is 2.08. The Morgan fingerprint density at radius 3 is 2.79 bits per heavy atom. The molecule has 2 aromatic rings. The van der Waals surface area contributed by atoms with Crippen molar-refractivity contribution in [1.29, 1.82) is 0 Å². The van der Waals surface area contributed by atoms with Crippen molar-refractivity contribution < 1.29 is 4.79 Å². The normalized spacial score (nSPS) is 10.7. The van der Waals surface area contributed by atoms with Gasteiger partial charge in [0.1, 0.15) is 0 Å². The summed E-state index contributed by atoms with van der Waals surface area (Å²) in [5.74, 6) is -0.167. The van der Waals surface area contributed by atoms with Crippen LogP contribution in [0, 0.1) is 0 Å². The van der Waals surface area contributed by atoms with Crippen molar-refractivity contribution in [1.82, 2.24) is 15.2 Å². The van der Waals surface area contributed by atoms with Crippen LogP contribution in [0.5, 0.6) is 0 Å². The van der Waals surface area contributed by atoms with Crippen LogP contribution in [0.1, 0.15) is 22.3 Å². The lowest BCUT2D eigenvalue weighted by molar-refractivity contribution is 0.0950. The molecule has 2 N–H and O–H groups in total. The molecule has 0 unspecified atom stereocenters. The summed E-state index contributed by atoms with van der Waals surface area (Å²) in [6.45, 7) is 2.24. The second-order valence-electron chi connectivity index (χ2n) is 5.82. The lowest BCUT2D eigenvalue weighted by Crippen LogP contribution is -2.23. The monoisotopic (exact) mass is 346 g/mol. The van der Waals surface area contributed by atoms with Gasteiger partial charge in [0, 0.05) is 30.5 Å². The maximum Gasteiger partial charge on any atom is 0.253 e. The minimum absolute atomic E-state index is 0.167. The summed E-state index contributed by atoms with van der Waals surface area (Å²) in [6.07, 6.45) is 4.31. The smallest absolute Gasteiger partial charge is 0.253 e. The highest BCUT2D eigenvalue weighted by atomic mass is 35.5. The first-order chi connectivity index (χ1) is 11.6. The van der Waals surface area contributed by atoms with Crippen LogP contribution in [0.2, 0.25) is 5.02 Å². The van der Waals surface area contributed by atoms with Crippen LogP contribution >= 0.6 is 11.6 Å². The predicted molar refractivity (Wildman–Crippen MR) is 98.5 cm³/mol. The quantitative estimate of drug-likeness (QED) is 0.721. The molecule has 0 saturated heterocycles. The minimum Gasteiger partial charge on any atom is -0.384 e. The Morgan fingerprint density at radius 1 is 1.25 bits per heavy atom. The van der Waals surface area contributed by atoms with E-state index >= 15 is 0 Å². The molecule has 128 valence electrons. The third-order valence-electron chi connectivity index (χ3n) is 3.51. The van der Waals surface area contributed by atoms with Crippen LogP contribution in [0.4, 0.5) is 5.69 Å². The molecule has 2 rings (SSSR count). The summed E-state index contributed by atoms with van der Waals surface area (Å²) < 4.78 is 0. The minimum atomic E-state index is -0.167. The van der Waals surface area contributed by atoms with Gasteiger partial charge in [-0.2, -0.15) is 0 Å². The zero-order chi connectivity index (χ0) is 17.4. The number of hydrogen-bond acceptors (Lipinski definition) is 4. The summed E-state index contributed by atoms with van der Waals surface area (Å²) in [6, 6.07) is 9.27. The number of carbonyl (C=O) groups is 1. The maximum absolute atomic E-state index is 12.3. The zero-order valence-corrected chi connectivity index (χ0v) is 14.8. The summed E-state index contributed by atoms with van der Waals surface area (Å²) in [4.78, 5) is 18.5. The van der Waals surface area contributed by atoms with Crippen molar-refractivity contribution in [3.63, 3.8) is 0 Å². The molecular formula is C18H23ClN4O. The van der Waals surface area contributed by atoms with E-state index < -0.39 is 0 Å². The van der Waals surface area contributed by atoms with E-state index in [4.69, 9.17) is 11.6 Å². The van der Waals surface area contributed by atoms with Gasteiger partial charge in [-0.15, -0.1) is 0 Å². The molecule has 0 aliphatic rings. The van der Waals surface area contributed by atoms with Gasteiger partial charge in [0.15, 0.2) is 0 Å². The van der Waals surface area contributed by atoms with Crippen LogP contribution in [0.3, 0.4) is 0 Å². The Morgan fingerprint density at radius 2 is 2.04 bits per heavy atom. The topological polar surface area (TPSA) is 57.3 Å². The average Bonchev–Trinajstić information content (AvgIpc) is 2.58. The molecule has 5 nitrogen and oxygen atoms in total. The standard InChI is InChI=1S/C18H23ClN4O/c1-23(2)9-5-8-21-16-10-15(11-20-13-16)18(24)22-12-14-6-3-4-7-17(14)19/h3-4,6-7,10-11,13,21H,5,8-9,12H2,1-2H3,(H,22,24). The van der Waals surface area contributed by atoms with Crippen molar-refractivity contribution in [3.05, 3.63) is 58.9 Å². The molecule has 1 aromatic heterocycles. The first-order valence-corrected chi connectivity index (χ1v) is 8.29. The van der Waals surface area contributed by atoms with Crippen LogP contribution in [0.15, 0.2) is 42.7 Å². The number of amides is 1. The van der Waals surface area contributed by atoms with Crippen LogP contribution in [0.25, 0.3) is 0 Å². The van der Waals surface area contributed by atoms with Crippen molar-refractivity contribution in [2.75, 3.05) is 32.5 Å². The van der Waals surface area contributed by atoms with E-state index in [2.05, 4.69) is 20.5 Å². The number of nitrogens with one attached hydrogen (secondary N) is 2. The Balaban J connectivity index is 1.88. The molecule has 1 heterocycles. The van der Waals surface area contributed by atoms with Gasteiger partial charge in [0.2, 0.25) is 0 Å². The summed E-state index contributed by atoms with van der Waals surface area (Å²) in [7, 11) is 4.09. The van der Waals surface area contributed by atoms with E-state index in [1.165, 1.54) is 0 Å². The van der Waals surface area contributed by atoms with Gasteiger partial charge >= 0.3 is 0 Å². The van der Waals surface area contributed by atoms with Gasteiger partial charge in [-0.05, 0) is 44.8 Å². The zero-order valence-electron chi connectivity index (χ0n) is 14.1. The van der Waals surface area contributed by atoms with Crippen molar-refractivity contribution in [3.8, 4) is 0 Å². The first kappa shape index (κ1) is 18.2. The van der Waals surface area contributed by atoms with Gasteiger partial charge in [-0.25, -0.2) is 0 Å². The maximum atomic E-state index is 12.3. The van der Waals surface area contributed by atoms with Crippen molar-refractivity contribution in [2.45, 2.75) is 13.0 Å². The fourth-order valence-corrected chi connectivity index (χ4v) is 2.41. The molecule has 6 heteroatoms. The SMILES string of the molecule is CN(C)CCCNc1cncc(C(=O)NCc2ccccc2Cl)c1. The lowest BCUT2D eigenvalue weighted by Gasteiger charge is -2.11. The summed E-state index contributed by atoms with van der Waals surface area (Å²) in [5.41, 5.74) is 2.26. The molecular weight excluding hydrogens is 324 g/mol. The lowest BCUT2D eigenvalue weighted by atomic mass is 10.2. The number of pyridine rings is 1. The Bertz CT molecular complexity index is 676. The fourth-order valence-electron chi connectivity index (χ4n) is 2.21. The van der Waals surface area contributed by atoms with Gasteiger partial charge < -0.3 is 15.5 Å². The fraction of sp³-hybridized carbons (Fsp3) is 0.333. The van der Waals surface area contributed by atoms with E-state index in [9.17, 15) is 4.79 Å². The van der Waals surface area contributed by atoms with Crippen LogP contribution in [-0.2, 0) is 6.54 Å². The molecule has 0 atom stereocenters. The van der Waals surface area contributed by atoms with Crippen molar-refractivity contribution in [2.24, 2.45) is 0 Å². The van der Waals surface area contributed by atoms with E-state index in [1.807, 2.05) is 44.4 Å². The largest absolute Gasteiger partial charge is 0.384 e. The second-order valence-corrected chi connectivity index (χ2v) is 6.23. The highest BCUT2D eigenvalue weighted by Crippen LogP contribution is 2.15. The molecule has 0 radical (unpaired) electrons. The van der Waals surface area contributed by atoms with E-state index in [0.717, 1.165) is 30.8 Å². The molecule has 1 amide bonds. The number of hydrogen-bond donors (Lipinski definition) is 2. The van der Waals surface area contributed by atoms with Gasteiger partial charge in [0.25, 0.3) is 5.91 Å². The number of halogens is 1. The van der Waals surface area contributed by atoms with Crippen molar-refractivity contribution >= 4 is 23.2 Å². The number of benzene rings is 1. The van der Waals surface area contributed by atoms with Gasteiger partial charge in [-0.3, -0.25) is 9.78 Å². The average molecular weight is 347 g/mol.